The van der Waals surface area contributed by atoms with Gasteiger partial charge in [-0.2, -0.15) is 0 Å². The highest BCUT2D eigenvalue weighted by atomic mass is 16.4. The van der Waals surface area contributed by atoms with Gasteiger partial charge in [-0.3, -0.25) is 4.79 Å². The summed E-state index contributed by atoms with van der Waals surface area (Å²) in [5.41, 5.74) is -0.367. The Bertz CT molecular complexity index is 210. The zero-order valence-electron chi connectivity index (χ0n) is 7.71. The van der Waals surface area contributed by atoms with Crippen LogP contribution in [0.1, 0.15) is 33.1 Å². The zero-order valence-corrected chi connectivity index (χ0v) is 7.71. The average molecular weight is 168 g/mol. The first-order valence-electron chi connectivity index (χ1n) is 4.79. The number of carboxylic acids is 1. The zero-order chi connectivity index (χ0) is 8.93. The summed E-state index contributed by atoms with van der Waals surface area (Å²) in [5, 5.41) is 9.17. The van der Waals surface area contributed by atoms with Gasteiger partial charge in [-0.15, -0.1) is 0 Å². The molecular weight excluding hydrogens is 152 g/mol. The number of carboxylic acid groups (broad SMARTS) is 1. The van der Waals surface area contributed by atoms with Crippen molar-refractivity contribution in [3.05, 3.63) is 0 Å². The van der Waals surface area contributed by atoms with E-state index >= 15 is 0 Å². The molecule has 0 aromatic carbocycles. The summed E-state index contributed by atoms with van der Waals surface area (Å²) in [6, 6.07) is 0. The first-order valence-corrected chi connectivity index (χ1v) is 4.79. The molecule has 0 bridgehead atoms. The molecule has 2 aliphatic rings. The molecule has 2 atom stereocenters. The van der Waals surface area contributed by atoms with Crippen LogP contribution in [0.3, 0.4) is 0 Å². The second-order valence-corrected chi connectivity index (χ2v) is 4.78. The van der Waals surface area contributed by atoms with Crippen molar-refractivity contribution in [3.63, 3.8) is 0 Å². The molecule has 12 heavy (non-hydrogen) atoms. The van der Waals surface area contributed by atoms with Crippen molar-refractivity contribution in [2.75, 3.05) is 0 Å². The number of carbonyl (C=O) groups is 1. The Balaban J connectivity index is 2.19. The van der Waals surface area contributed by atoms with E-state index in [4.69, 9.17) is 0 Å². The molecule has 68 valence electrons. The van der Waals surface area contributed by atoms with Gasteiger partial charge in [0.2, 0.25) is 0 Å². The van der Waals surface area contributed by atoms with Gasteiger partial charge in [0.05, 0.1) is 5.41 Å². The van der Waals surface area contributed by atoms with E-state index in [1.54, 1.807) is 0 Å². The lowest BCUT2D eigenvalue weighted by Gasteiger charge is -2.30. The van der Waals surface area contributed by atoms with E-state index in [2.05, 4.69) is 0 Å². The number of aliphatic carboxylic acids is 1. The summed E-state index contributed by atoms with van der Waals surface area (Å²) < 4.78 is 0. The van der Waals surface area contributed by atoms with Gasteiger partial charge in [-0.1, -0.05) is 13.8 Å². The molecule has 2 heteroatoms. The van der Waals surface area contributed by atoms with E-state index < -0.39 is 5.97 Å². The highest BCUT2D eigenvalue weighted by molar-refractivity contribution is 5.75. The van der Waals surface area contributed by atoms with Crippen molar-refractivity contribution in [2.45, 2.75) is 33.1 Å². The van der Waals surface area contributed by atoms with Crippen LogP contribution >= 0.6 is 0 Å². The monoisotopic (exact) mass is 168 g/mol. The summed E-state index contributed by atoms with van der Waals surface area (Å²) in [7, 11) is 0. The van der Waals surface area contributed by atoms with E-state index in [0.29, 0.717) is 5.92 Å². The molecule has 0 aromatic heterocycles. The van der Waals surface area contributed by atoms with Gasteiger partial charge < -0.3 is 5.11 Å². The third-order valence-electron chi connectivity index (χ3n) is 3.85. The highest BCUT2D eigenvalue weighted by Gasteiger charge is 2.58. The second-order valence-electron chi connectivity index (χ2n) is 4.78. The molecule has 2 unspecified atom stereocenters. The summed E-state index contributed by atoms with van der Waals surface area (Å²) in [6.45, 7) is 4.08. The Kier molecular flexibility index (Phi) is 1.51. The maximum Gasteiger partial charge on any atom is 0.309 e. The quantitative estimate of drug-likeness (QED) is 0.686. The lowest BCUT2D eigenvalue weighted by Crippen LogP contribution is -2.34. The summed E-state index contributed by atoms with van der Waals surface area (Å²) >= 11 is 0. The van der Waals surface area contributed by atoms with Crippen molar-refractivity contribution < 1.29 is 9.90 Å². The van der Waals surface area contributed by atoms with Crippen molar-refractivity contribution in [1.82, 2.24) is 0 Å². The Hall–Kier alpha value is -0.530. The maximum atomic E-state index is 11.1. The van der Waals surface area contributed by atoms with E-state index in [0.717, 1.165) is 24.7 Å². The largest absolute Gasteiger partial charge is 0.481 e. The van der Waals surface area contributed by atoms with Crippen LogP contribution in [0, 0.1) is 23.2 Å². The molecule has 0 saturated heterocycles. The fourth-order valence-corrected chi connectivity index (χ4v) is 2.72. The Morgan fingerprint density at radius 3 is 2.17 bits per heavy atom. The third-order valence-corrected chi connectivity index (χ3v) is 3.85. The topological polar surface area (TPSA) is 37.3 Å². The van der Waals surface area contributed by atoms with Crippen LogP contribution in [0.2, 0.25) is 0 Å². The minimum atomic E-state index is -0.565. The summed E-state index contributed by atoms with van der Waals surface area (Å²) in [5.74, 6) is 1.24. The molecule has 2 aliphatic carbocycles. The molecule has 1 N–H and O–H groups in total. The first kappa shape index (κ1) is 8.09. The molecule has 0 amide bonds. The van der Waals surface area contributed by atoms with Crippen LogP contribution in [0.15, 0.2) is 0 Å². The number of fused-ring (bicyclic) bond motifs is 1. The minimum Gasteiger partial charge on any atom is -0.481 e. The van der Waals surface area contributed by atoms with Gasteiger partial charge in [-0.25, -0.2) is 0 Å². The summed E-state index contributed by atoms with van der Waals surface area (Å²) in [6.07, 6.45) is 3.16. The molecule has 2 fully saturated rings. The number of hydrogen-bond donors (Lipinski definition) is 1. The van der Waals surface area contributed by atoms with Crippen molar-refractivity contribution in [1.29, 1.82) is 0 Å². The molecule has 0 heterocycles. The predicted octanol–water partition coefficient (Wildman–Crippen LogP) is 2.14. The SMILES string of the molecule is CC(C)C1(C(=O)O)CC2CC2C1. The average Bonchev–Trinajstić information content (AvgIpc) is 2.58. The normalized spacial score (nSPS) is 44.6. The van der Waals surface area contributed by atoms with Crippen molar-refractivity contribution in [3.8, 4) is 0 Å². The Labute approximate surface area is 73.0 Å². The lowest BCUT2D eigenvalue weighted by molar-refractivity contribution is -0.152. The standard InChI is InChI=1S/C10H16O2/c1-6(2)10(9(11)12)4-7-3-8(7)5-10/h6-8H,3-5H2,1-2H3,(H,11,12). The minimum absolute atomic E-state index is 0.294. The summed E-state index contributed by atoms with van der Waals surface area (Å²) in [4.78, 5) is 11.1. The molecular formula is C10H16O2. The van der Waals surface area contributed by atoms with Gasteiger partial charge >= 0.3 is 5.97 Å². The smallest absolute Gasteiger partial charge is 0.309 e. The van der Waals surface area contributed by atoms with Crippen molar-refractivity contribution >= 4 is 5.97 Å². The van der Waals surface area contributed by atoms with Crippen LogP contribution in [0.4, 0.5) is 0 Å². The first-order chi connectivity index (χ1) is 5.56. The van der Waals surface area contributed by atoms with Crippen LogP contribution in [-0.4, -0.2) is 11.1 Å². The molecule has 2 rings (SSSR count). The van der Waals surface area contributed by atoms with E-state index in [9.17, 15) is 9.90 Å². The lowest BCUT2D eigenvalue weighted by atomic mass is 9.73. The van der Waals surface area contributed by atoms with Gasteiger partial charge in [0, 0.05) is 0 Å². The van der Waals surface area contributed by atoms with Crippen LogP contribution < -0.4 is 0 Å². The van der Waals surface area contributed by atoms with Gasteiger partial charge in [-0.05, 0) is 37.0 Å². The number of rotatable bonds is 2. The third kappa shape index (κ3) is 0.900. The van der Waals surface area contributed by atoms with Gasteiger partial charge in [0.25, 0.3) is 0 Å². The molecule has 0 aromatic rings. The molecule has 2 nitrogen and oxygen atoms in total. The Morgan fingerprint density at radius 1 is 1.42 bits per heavy atom. The van der Waals surface area contributed by atoms with Crippen molar-refractivity contribution in [2.24, 2.45) is 23.2 Å². The Morgan fingerprint density at radius 2 is 1.92 bits per heavy atom. The van der Waals surface area contributed by atoms with E-state index in [-0.39, 0.29) is 5.41 Å². The maximum absolute atomic E-state index is 11.1. The van der Waals surface area contributed by atoms with Gasteiger partial charge in [0.15, 0.2) is 0 Å². The fourth-order valence-electron chi connectivity index (χ4n) is 2.72. The molecule has 0 spiro atoms. The highest BCUT2D eigenvalue weighted by Crippen LogP contribution is 2.62. The molecule has 2 saturated carbocycles. The fraction of sp³-hybridized carbons (Fsp3) is 0.900. The van der Waals surface area contributed by atoms with Gasteiger partial charge in [0.1, 0.15) is 0 Å². The molecule has 0 radical (unpaired) electrons. The van der Waals surface area contributed by atoms with E-state index in [1.165, 1.54) is 6.42 Å². The van der Waals surface area contributed by atoms with Crippen LogP contribution in [0.25, 0.3) is 0 Å². The number of hydrogen-bond acceptors (Lipinski definition) is 1. The predicted molar refractivity (Wildman–Crippen MR) is 45.7 cm³/mol. The molecule has 0 aliphatic heterocycles. The van der Waals surface area contributed by atoms with Crippen LogP contribution in [-0.2, 0) is 4.79 Å². The van der Waals surface area contributed by atoms with E-state index in [1.807, 2.05) is 13.8 Å². The second kappa shape index (κ2) is 2.24. The van der Waals surface area contributed by atoms with Crippen LogP contribution in [0.5, 0.6) is 0 Å².